The Labute approximate surface area is 118 Å². The molecule has 1 aromatic heterocycles. The van der Waals surface area contributed by atoms with Gasteiger partial charge < -0.3 is 5.73 Å². The normalized spacial score (nSPS) is 18.9. The van der Waals surface area contributed by atoms with Gasteiger partial charge in [-0.25, -0.2) is 4.68 Å². The minimum Gasteiger partial charge on any atom is -0.383 e. The zero-order chi connectivity index (χ0) is 13.4. The highest BCUT2D eigenvalue weighted by Crippen LogP contribution is 2.35. The zero-order valence-electron chi connectivity index (χ0n) is 11.1. The summed E-state index contributed by atoms with van der Waals surface area (Å²) in [4.78, 5) is 0. The Bertz CT molecular complexity index is 603. The summed E-state index contributed by atoms with van der Waals surface area (Å²) >= 11 is 6.18. The summed E-state index contributed by atoms with van der Waals surface area (Å²) in [7, 11) is 0. The van der Waals surface area contributed by atoms with Crippen LogP contribution in [0, 0.1) is 6.92 Å². The average Bonchev–Trinajstić information content (AvgIpc) is 2.61. The van der Waals surface area contributed by atoms with Crippen molar-refractivity contribution in [3.63, 3.8) is 0 Å². The molecule has 0 spiro atoms. The van der Waals surface area contributed by atoms with Gasteiger partial charge in [0.2, 0.25) is 0 Å². The van der Waals surface area contributed by atoms with Crippen molar-refractivity contribution in [2.75, 3.05) is 5.73 Å². The number of hydrogen-bond donors (Lipinski definition) is 1. The second-order valence-corrected chi connectivity index (χ2v) is 5.57. The molecule has 0 saturated heterocycles. The Morgan fingerprint density at radius 2 is 2.11 bits per heavy atom. The SMILES string of the molecule is Cc1nn(C2CCCCc3ccccc32)c(N)c1Cl. The van der Waals surface area contributed by atoms with Crippen molar-refractivity contribution in [1.29, 1.82) is 0 Å². The van der Waals surface area contributed by atoms with Crippen LogP contribution in [0.5, 0.6) is 0 Å². The number of rotatable bonds is 1. The predicted octanol–water partition coefficient (Wildman–Crippen LogP) is 3.74. The van der Waals surface area contributed by atoms with E-state index in [1.54, 1.807) is 0 Å². The van der Waals surface area contributed by atoms with Gasteiger partial charge in [0.05, 0.1) is 11.7 Å². The van der Waals surface area contributed by atoms with Gasteiger partial charge in [0.15, 0.2) is 0 Å². The maximum Gasteiger partial charge on any atom is 0.141 e. The van der Waals surface area contributed by atoms with Crippen LogP contribution < -0.4 is 5.73 Å². The van der Waals surface area contributed by atoms with Gasteiger partial charge in [0.1, 0.15) is 10.8 Å². The highest BCUT2D eigenvalue weighted by atomic mass is 35.5. The van der Waals surface area contributed by atoms with Crippen LogP contribution in [0.1, 0.15) is 42.1 Å². The predicted molar refractivity (Wildman–Crippen MR) is 78.5 cm³/mol. The quantitative estimate of drug-likeness (QED) is 0.806. The van der Waals surface area contributed by atoms with Crippen LogP contribution in [-0.2, 0) is 6.42 Å². The van der Waals surface area contributed by atoms with Crippen molar-refractivity contribution in [2.45, 2.75) is 38.6 Å². The number of hydrogen-bond acceptors (Lipinski definition) is 2. The molecule has 4 heteroatoms. The van der Waals surface area contributed by atoms with Crippen LogP contribution in [0.3, 0.4) is 0 Å². The largest absolute Gasteiger partial charge is 0.383 e. The lowest BCUT2D eigenvalue weighted by Gasteiger charge is -2.19. The molecule has 1 aliphatic carbocycles. The summed E-state index contributed by atoms with van der Waals surface area (Å²) in [5, 5.41) is 5.12. The molecule has 0 bridgehead atoms. The van der Waals surface area contributed by atoms with E-state index in [4.69, 9.17) is 17.3 Å². The molecule has 19 heavy (non-hydrogen) atoms. The molecular formula is C15H18ClN3. The van der Waals surface area contributed by atoms with E-state index in [1.807, 2.05) is 11.6 Å². The highest BCUT2D eigenvalue weighted by molar-refractivity contribution is 6.33. The third kappa shape index (κ3) is 2.12. The van der Waals surface area contributed by atoms with Crippen LogP contribution in [-0.4, -0.2) is 9.78 Å². The van der Waals surface area contributed by atoms with Crippen molar-refractivity contribution < 1.29 is 0 Å². The fraction of sp³-hybridized carbons (Fsp3) is 0.400. The topological polar surface area (TPSA) is 43.8 Å². The summed E-state index contributed by atoms with van der Waals surface area (Å²) in [5.74, 6) is 0.584. The molecule has 100 valence electrons. The second-order valence-electron chi connectivity index (χ2n) is 5.19. The first-order valence-electron chi connectivity index (χ1n) is 6.76. The Morgan fingerprint density at radius 1 is 1.32 bits per heavy atom. The van der Waals surface area contributed by atoms with Gasteiger partial charge >= 0.3 is 0 Å². The van der Waals surface area contributed by atoms with Crippen molar-refractivity contribution >= 4 is 17.4 Å². The van der Waals surface area contributed by atoms with Crippen LogP contribution in [0.4, 0.5) is 5.82 Å². The van der Waals surface area contributed by atoms with Crippen molar-refractivity contribution in [2.24, 2.45) is 0 Å². The number of nitrogen functional groups attached to an aromatic ring is 1. The van der Waals surface area contributed by atoms with Gasteiger partial charge in [-0.15, -0.1) is 0 Å². The lowest BCUT2D eigenvalue weighted by molar-refractivity contribution is 0.484. The molecule has 2 N–H and O–H groups in total. The summed E-state index contributed by atoms with van der Waals surface area (Å²) in [6, 6.07) is 8.80. The average molecular weight is 276 g/mol. The van der Waals surface area contributed by atoms with E-state index in [0.29, 0.717) is 10.8 Å². The molecule has 0 saturated carbocycles. The number of fused-ring (bicyclic) bond motifs is 1. The Kier molecular flexibility index (Phi) is 3.23. The molecule has 0 fully saturated rings. The number of aryl methyl sites for hydroxylation is 2. The van der Waals surface area contributed by atoms with Crippen molar-refractivity contribution in [3.05, 3.63) is 46.1 Å². The number of nitrogens with two attached hydrogens (primary N) is 1. The Hall–Kier alpha value is -1.48. The monoisotopic (exact) mass is 275 g/mol. The molecule has 1 heterocycles. The first-order valence-corrected chi connectivity index (χ1v) is 7.14. The minimum atomic E-state index is 0.213. The molecule has 1 unspecified atom stereocenters. The maximum atomic E-state index is 6.18. The first kappa shape index (κ1) is 12.5. The number of aromatic nitrogens is 2. The molecule has 1 aromatic carbocycles. The molecule has 1 atom stereocenters. The zero-order valence-corrected chi connectivity index (χ0v) is 11.8. The van der Waals surface area contributed by atoms with E-state index in [2.05, 4.69) is 29.4 Å². The molecule has 1 aliphatic rings. The summed E-state index contributed by atoms with van der Waals surface area (Å²) in [6.07, 6.45) is 4.62. The maximum absolute atomic E-state index is 6.18. The van der Waals surface area contributed by atoms with Gasteiger partial charge in [0, 0.05) is 0 Å². The Balaban J connectivity index is 2.11. The molecule has 0 radical (unpaired) electrons. The molecule has 0 aliphatic heterocycles. The number of anilines is 1. The fourth-order valence-corrected chi connectivity index (χ4v) is 3.06. The third-order valence-corrected chi connectivity index (χ3v) is 4.40. The van der Waals surface area contributed by atoms with Gasteiger partial charge in [-0.05, 0) is 37.3 Å². The number of benzene rings is 1. The fourth-order valence-electron chi connectivity index (χ4n) is 2.93. The van der Waals surface area contributed by atoms with E-state index < -0.39 is 0 Å². The van der Waals surface area contributed by atoms with Crippen LogP contribution >= 0.6 is 11.6 Å². The minimum absolute atomic E-state index is 0.213. The number of halogens is 1. The van der Waals surface area contributed by atoms with Crippen molar-refractivity contribution in [1.82, 2.24) is 9.78 Å². The van der Waals surface area contributed by atoms with Gasteiger partial charge in [-0.1, -0.05) is 42.3 Å². The van der Waals surface area contributed by atoms with E-state index in [1.165, 1.54) is 24.0 Å². The third-order valence-electron chi connectivity index (χ3n) is 3.93. The summed E-state index contributed by atoms with van der Waals surface area (Å²) in [6.45, 7) is 1.90. The van der Waals surface area contributed by atoms with E-state index >= 15 is 0 Å². The summed E-state index contributed by atoms with van der Waals surface area (Å²) < 4.78 is 1.90. The van der Waals surface area contributed by atoms with Gasteiger partial charge in [0.25, 0.3) is 0 Å². The highest BCUT2D eigenvalue weighted by Gasteiger charge is 2.24. The molecule has 2 aromatic rings. The van der Waals surface area contributed by atoms with E-state index in [9.17, 15) is 0 Å². The van der Waals surface area contributed by atoms with Crippen LogP contribution in [0.2, 0.25) is 5.02 Å². The molecule has 3 rings (SSSR count). The lowest BCUT2D eigenvalue weighted by atomic mass is 9.99. The van der Waals surface area contributed by atoms with E-state index in [0.717, 1.165) is 18.5 Å². The number of nitrogens with zero attached hydrogens (tertiary/aromatic N) is 2. The Morgan fingerprint density at radius 3 is 2.84 bits per heavy atom. The van der Waals surface area contributed by atoms with Gasteiger partial charge in [-0.2, -0.15) is 5.10 Å². The first-order chi connectivity index (χ1) is 9.18. The smallest absolute Gasteiger partial charge is 0.141 e. The second kappa shape index (κ2) is 4.89. The van der Waals surface area contributed by atoms with Gasteiger partial charge in [-0.3, -0.25) is 0 Å². The van der Waals surface area contributed by atoms with E-state index in [-0.39, 0.29) is 6.04 Å². The standard InChI is InChI=1S/C15H18ClN3/c1-10-14(16)15(17)19(18-10)13-9-5-3-7-11-6-2-4-8-12(11)13/h2,4,6,8,13H,3,5,7,9,17H2,1H3. The lowest BCUT2D eigenvalue weighted by Crippen LogP contribution is -2.15. The molecule has 3 nitrogen and oxygen atoms in total. The molecule has 0 amide bonds. The molecular weight excluding hydrogens is 258 g/mol. The van der Waals surface area contributed by atoms with Crippen molar-refractivity contribution in [3.8, 4) is 0 Å². The van der Waals surface area contributed by atoms with Crippen LogP contribution in [0.15, 0.2) is 24.3 Å². The summed E-state index contributed by atoms with van der Waals surface area (Å²) in [5.41, 5.74) is 9.67. The van der Waals surface area contributed by atoms with Crippen LogP contribution in [0.25, 0.3) is 0 Å².